The quantitative estimate of drug-likeness (QED) is 0.670. The molecule has 2 heterocycles. The van der Waals surface area contributed by atoms with Gasteiger partial charge in [-0.25, -0.2) is 0 Å². The first-order valence-corrected chi connectivity index (χ1v) is 6.21. The molecule has 3 rings (SSSR count). The molecule has 0 unspecified atom stereocenters. The van der Waals surface area contributed by atoms with Crippen LogP contribution in [0.1, 0.15) is 5.69 Å². The molecule has 0 aliphatic carbocycles. The molecule has 0 saturated heterocycles. The van der Waals surface area contributed by atoms with E-state index in [1.165, 1.54) is 0 Å². The van der Waals surface area contributed by atoms with Crippen LogP contribution in [0.3, 0.4) is 0 Å². The van der Waals surface area contributed by atoms with E-state index in [2.05, 4.69) is 19.8 Å². The fourth-order valence-corrected chi connectivity index (χ4v) is 2.49. The highest BCUT2D eigenvalue weighted by atomic mass is 35.5. The first kappa shape index (κ1) is 10.6. The van der Waals surface area contributed by atoms with Gasteiger partial charge >= 0.3 is 0 Å². The van der Waals surface area contributed by atoms with Crippen molar-refractivity contribution >= 4 is 34.2 Å². The second kappa shape index (κ2) is 4.05. The van der Waals surface area contributed by atoms with E-state index < -0.39 is 0 Å². The van der Waals surface area contributed by atoms with Gasteiger partial charge in [0.15, 0.2) is 5.15 Å². The van der Waals surface area contributed by atoms with Crippen LogP contribution in [0.15, 0.2) is 30.3 Å². The van der Waals surface area contributed by atoms with Gasteiger partial charge in [-0.05, 0) is 25.1 Å². The van der Waals surface area contributed by atoms with Crippen LogP contribution >= 0.6 is 23.3 Å². The summed E-state index contributed by atoms with van der Waals surface area (Å²) in [6, 6.07) is 10.0. The fourth-order valence-electron chi connectivity index (χ4n) is 1.72. The normalized spacial score (nSPS) is 10.9. The second-order valence-corrected chi connectivity index (χ2v) is 4.65. The van der Waals surface area contributed by atoms with Crippen molar-refractivity contribution in [2.75, 3.05) is 0 Å². The van der Waals surface area contributed by atoms with Crippen LogP contribution in [0.25, 0.3) is 22.2 Å². The van der Waals surface area contributed by atoms with Gasteiger partial charge in [0.1, 0.15) is 5.69 Å². The number of aromatic nitrogens is 3. The molecule has 0 fully saturated rings. The van der Waals surface area contributed by atoms with Gasteiger partial charge in [0.25, 0.3) is 0 Å². The zero-order valence-electron chi connectivity index (χ0n) is 9.01. The third-order valence-corrected chi connectivity index (χ3v) is 3.44. The van der Waals surface area contributed by atoms with E-state index >= 15 is 0 Å². The van der Waals surface area contributed by atoms with Crippen molar-refractivity contribution in [2.45, 2.75) is 6.92 Å². The van der Waals surface area contributed by atoms with Crippen molar-refractivity contribution in [1.29, 1.82) is 0 Å². The zero-order valence-corrected chi connectivity index (χ0v) is 10.6. The highest BCUT2D eigenvalue weighted by Crippen LogP contribution is 2.27. The van der Waals surface area contributed by atoms with Crippen molar-refractivity contribution in [3.05, 3.63) is 41.2 Å². The smallest absolute Gasteiger partial charge is 0.170 e. The molecule has 3 aromatic rings. The molecular weight excluding hydrogens is 254 g/mol. The lowest BCUT2D eigenvalue weighted by Crippen LogP contribution is -1.84. The van der Waals surface area contributed by atoms with Crippen molar-refractivity contribution in [1.82, 2.24) is 13.7 Å². The molecule has 0 amide bonds. The minimum absolute atomic E-state index is 0.453. The Bertz CT molecular complexity index is 693. The Kier molecular flexibility index (Phi) is 2.53. The van der Waals surface area contributed by atoms with Crippen molar-refractivity contribution in [3.63, 3.8) is 0 Å². The molecule has 0 radical (unpaired) electrons. The summed E-state index contributed by atoms with van der Waals surface area (Å²) in [5, 5.41) is 1.53. The number of fused-ring (bicyclic) bond motifs is 1. The number of nitrogens with zero attached hydrogens (tertiary/aromatic N) is 3. The summed E-state index contributed by atoms with van der Waals surface area (Å²) in [5.74, 6) is 0. The average Bonchev–Trinajstić information content (AvgIpc) is 2.75. The van der Waals surface area contributed by atoms with Crippen LogP contribution in [-0.2, 0) is 0 Å². The van der Waals surface area contributed by atoms with Crippen molar-refractivity contribution in [3.8, 4) is 11.3 Å². The van der Waals surface area contributed by atoms with Crippen LogP contribution in [0.4, 0.5) is 0 Å². The molecular formula is C12H8ClN3S. The van der Waals surface area contributed by atoms with Gasteiger partial charge in [0, 0.05) is 16.6 Å². The second-order valence-electron chi connectivity index (χ2n) is 3.76. The van der Waals surface area contributed by atoms with Crippen LogP contribution in [0, 0.1) is 6.92 Å². The number of aryl methyl sites for hydroxylation is 1. The molecule has 5 heteroatoms. The summed E-state index contributed by atoms with van der Waals surface area (Å²) in [5.41, 5.74) is 3.70. The minimum atomic E-state index is 0.453. The Hall–Kier alpha value is -1.52. The summed E-state index contributed by atoms with van der Waals surface area (Å²) >= 11 is 7.09. The van der Waals surface area contributed by atoms with E-state index in [0.717, 1.165) is 39.6 Å². The highest BCUT2D eigenvalue weighted by Gasteiger charge is 2.08. The van der Waals surface area contributed by atoms with Gasteiger partial charge in [0.05, 0.1) is 17.2 Å². The van der Waals surface area contributed by atoms with Gasteiger partial charge in [-0.3, -0.25) is 4.98 Å². The molecule has 2 aromatic heterocycles. The van der Waals surface area contributed by atoms with E-state index in [9.17, 15) is 0 Å². The third-order valence-electron chi connectivity index (χ3n) is 2.55. The summed E-state index contributed by atoms with van der Waals surface area (Å²) in [6.45, 7) is 1.98. The molecule has 0 saturated carbocycles. The maximum atomic E-state index is 5.97. The lowest BCUT2D eigenvalue weighted by atomic mass is 10.1. The Morgan fingerprint density at radius 2 is 2.00 bits per heavy atom. The molecule has 1 aromatic carbocycles. The standard InChI is InChI=1S/C12H8ClN3S/c1-7-2-3-8-6-9(4-5-10(8)14-7)11-12(13)16-17-15-11/h2-6H,1H3. The maximum absolute atomic E-state index is 5.97. The Balaban J connectivity index is 2.20. The Labute approximate surface area is 107 Å². The third kappa shape index (κ3) is 1.90. The van der Waals surface area contributed by atoms with Crippen LogP contribution in [0.2, 0.25) is 5.15 Å². The van der Waals surface area contributed by atoms with Crippen LogP contribution < -0.4 is 0 Å². The number of pyridine rings is 1. The topological polar surface area (TPSA) is 38.7 Å². The summed E-state index contributed by atoms with van der Waals surface area (Å²) in [7, 11) is 0. The van der Waals surface area contributed by atoms with Gasteiger partial charge in [-0.15, -0.1) is 0 Å². The number of benzene rings is 1. The van der Waals surface area contributed by atoms with E-state index in [4.69, 9.17) is 11.6 Å². The molecule has 17 heavy (non-hydrogen) atoms. The molecule has 0 N–H and O–H groups in total. The summed E-state index contributed by atoms with van der Waals surface area (Å²) in [4.78, 5) is 4.45. The summed E-state index contributed by atoms with van der Waals surface area (Å²) in [6.07, 6.45) is 0. The molecule has 0 atom stereocenters. The molecule has 0 bridgehead atoms. The summed E-state index contributed by atoms with van der Waals surface area (Å²) < 4.78 is 8.16. The number of hydrogen-bond acceptors (Lipinski definition) is 4. The van der Waals surface area contributed by atoms with E-state index in [1.807, 2.05) is 31.2 Å². The highest BCUT2D eigenvalue weighted by molar-refractivity contribution is 6.99. The van der Waals surface area contributed by atoms with Crippen LogP contribution in [0.5, 0.6) is 0 Å². The van der Waals surface area contributed by atoms with Gasteiger partial charge in [0.2, 0.25) is 0 Å². The lowest BCUT2D eigenvalue weighted by Gasteiger charge is -2.01. The molecule has 0 aliphatic heterocycles. The molecule has 0 spiro atoms. The maximum Gasteiger partial charge on any atom is 0.170 e. The van der Waals surface area contributed by atoms with Crippen molar-refractivity contribution < 1.29 is 0 Å². The van der Waals surface area contributed by atoms with E-state index in [1.54, 1.807) is 0 Å². The van der Waals surface area contributed by atoms with E-state index in [-0.39, 0.29) is 0 Å². The van der Waals surface area contributed by atoms with Crippen LogP contribution in [-0.4, -0.2) is 13.7 Å². The fraction of sp³-hybridized carbons (Fsp3) is 0.0833. The molecule has 84 valence electrons. The Morgan fingerprint density at radius 3 is 2.76 bits per heavy atom. The van der Waals surface area contributed by atoms with E-state index in [0.29, 0.717) is 5.15 Å². The predicted molar refractivity (Wildman–Crippen MR) is 70.4 cm³/mol. The predicted octanol–water partition coefficient (Wildman–Crippen LogP) is 3.72. The first-order valence-electron chi connectivity index (χ1n) is 5.10. The number of hydrogen-bond donors (Lipinski definition) is 0. The lowest BCUT2D eigenvalue weighted by molar-refractivity contribution is 1.26. The first-order chi connectivity index (χ1) is 8.24. The minimum Gasteiger partial charge on any atom is -0.253 e. The monoisotopic (exact) mass is 261 g/mol. The SMILES string of the molecule is Cc1ccc2cc(-c3nsnc3Cl)ccc2n1. The van der Waals surface area contributed by atoms with Gasteiger partial charge in [-0.1, -0.05) is 23.7 Å². The molecule has 0 aliphatic rings. The number of halogens is 1. The Morgan fingerprint density at radius 1 is 1.12 bits per heavy atom. The van der Waals surface area contributed by atoms with Crippen molar-refractivity contribution in [2.24, 2.45) is 0 Å². The molecule has 3 nitrogen and oxygen atoms in total. The zero-order chi connectivity index (χ0) is 11.8. The van der Waals surface area contributed by atoms with Gasteiger partial charge in [-0.2, -0.15) is 8.75 Å². The van der Waals surface area contributed by atoms with Gasteiger partial charge < -0.3 is 0 Å². The largest absolute Gasteiger partial charge is 0.253 e. The number of rotatable bonds is 1. The average molecular weight is 262 g/mol.